The predicted octanol–water partition coefficient (Wildman–Crippen LogP) is 2.26. The molecule has 2 N–H and O–H groups in total. The third-order valence-electron chi connectivity index (χ3n) is 2.59. The van der Waals surface area contributed by atoms with E-state index < -0.39 is 0 Å². The van der Waals surface area contributed by atoms with E-state index in [0.717, 1.165) is 30.1 Å². The summed E-state index contributed by atoms with van der Waals surface area (Å²) in [6, 6.07) is 2.01. The van der Waals surface area contributed by atoms with Crippen LogP contribution >= 0.6 is 0 Å². The van der Waals surface area contributed by atoms with E-state index in [4.69, 9.17) is 5.73 Å². The third kappa shape index (κ3) is 2.99. The van der Waals surface area contributed by atoms with Crippen LogP contribution in [0, 0.1) is 5.92 Å². The molecule has 0 aromatic carbocycles. The fraction of sp³-hybridized carbons (Fsp3) is 0.667. The van der Waals surface area contributed by atoms with Gasteiger partial charge in [0.1, 0.15) is 5.82 Å². The first-order chi connectivity index (χ1) is 7.08. The second kappa shape index (κ2) is 5.21. The predicted molar refractivity (Wildman–Crippen MR) is 62.6 cm³/mol. The molecular formula is C12H21N3. The van der Waals surface area contributed by atoms with E-state index in [1.165, 1.54) is 0 Å². The zero-order chi connectivity index (χ0) is 11.4. The highest BCUT2D eigenvalue weighted by Crippen LogP contribution is 2.16. The van der Waals surface area contributed by atoms with Crippen molar-refractivity contribution < 1.29 is 0 Å². The van der Waals surface area contributed by atoms with E-state index in [1.54, 1.807) is 0 Å². The van der Waals surface area contributed by atoms with Gasteiger partial charge in [-0.1, -0.05) is 27.7 Å². The fourth-order valence-corrected chi connectivity index (χ4v) is 1.39. The van der Waals surface area contributed by atoms with Crippen molar-refractivity contribution in [3.8, 4) is 0 Å². The van der Waals surface area contributed by atoms with Crippen molar-refractivity contribution in [3.63, 3.8) is 0 Å². The summed E-state index contributed by atoms with van der Waals surface area (Å²) >= 11 is 0. The highest BCUT2D eigenvalue weighted by molar-refractivity contribution is 5.13. The zero-order valence-corrected chi connectivity index (χ0v) is 10.1. The molecule has 15 heavy (non-hydrogen) atoms. The monoisotopic (exact) mass is 207 g/mol. The number of aryl methyl sites for hydroxylation is 2. The van der Waals surface area contributed by atoms with Gasteiger partial charge in [-0.05, 0) is 24.8 Å². The second-order valence-electron chi connectivity index (χ2n) is 4.19. The summed E-state index contributed by atoms with van der Waals surface area (Å²) in [5.41, 5.74) is 8.24. The molecule has 1 rings (SSSR count). The van der Waals surface area contributed by atoms with Crippen LogP contribution in [-0.2, 0) is 12.8 Å². The molecule has 0 aliphatic carbocycles. The lowest BCUT2D eigenvalue weighted by molar-refractivity contribution is 0.486. The summed E-state index contributed by atoms with van der Waals surface area (Å²) in [6.45, 7) is 8.40. The maximum absolute atomic E-state index is 6.06. The molecule has 0 bridgehead atoms. The third-order valence-corrected chi connectivity index (χ3v) is 2.59. The Morgan fingerprint density at radius 3 is 1.93 bits per heavy atom. The molecule has 0 amide bonds. The first kappa shape index (κ1) is 12.1. The van der Waals surface area contributed by atoms with Crippen LogP contribution < -0.4 is 5.73 Å². The summed E-state index contributed by atoms with van der Waals surface area (Å²) in [7, 11) is 0. The Balaban J connectivity index is 3.06. The SMILES string of the molecule is CCc1cc(CC)nc(C(N)C(C)C)n1. The van der Waals surface area contributed by atoms with Crippen molar-refractivity contribution in [2.75, 3.05) is 0 Å². The Morgan fingerprint density at radius 2 is 1.60 bits per heavy atom. The Kier molecular flexibility index (Phi) is 4.21. The van der Waals surface area contributed by atoms with Crippen molar-refractivity contribution in [2.45, 2.75) is 46.6 Å². The highest BCUT2D eigenvalue weighted by Gasteiger charge is 2.14. The number of hydrogen-bond acceptors (Lipinski definition) is 3. The van der Waals surface area contributed by atoms with Crippen LogP contribution in [0.3, 0.4) is 0 Å². The van der Waals surface area contributed by atoms with Gasteiger partial charge in [-0.2, -0.15) is 0 Å². The molecule has 3 heteroatoms. The summed E-state index contributed by atoms with van der Waals surface area (Å²) in [5, 5.41) is 0. The van der Waals surface area contributed by atoms with E-state index in [9.17, 15) is 0 Å². The van der Waals surface area contributed by atoms with Gasteiger partial charge in [-0.15, -0.1) is 0 Å². The summed E-state index contributed by atoms with van der Waals surface area (Å²) < 4.78 is 0. The molecule has 0 fully saturated rings. The molecule has 0 saturated carbocycles. The number of aromatic nitrogens is 2. The Bertz CT molecular complexity index is 298. The first-order valence-corrected chi connectivity index (χ1v) is 5.70. The van der Waals surface area contributed by atoms with Crippen molar-refractivity contribution in [3.05, 3.63) is 23.3 Å². The normalized spacial score (nSPS) is 13.2. The average molecular weight is 207 g/mol. The summed E-state index contributed by atoms with van der Waals surface area (Å²) in [6.07, 6.45) is 1.88. The Labute approximate surface area is 92.1 Å². The van der Waals surface area contributed by atoms with Gasteiger partial charge in [-0.3, -0.25) is 0 Å². The molecule has 0 aliphatic heterocycles. The van der Waals surface area contributed by atoms with Gasteiger partial charge in [0.15, 0.2) is 0 Å². The molecule has 1 atom stereocenters. The van der Waals surface area contributed by atoms with Crippen LogP contribution in [0.4, 0.5) is 0 Å². The standard InChI is InChI=1S/C12H21N3/c1-5-9-7-10(6-2)15-12(14-9)11(13)8(3)4/h7-8,11H,5-6,13H2,1-4H3. The van der Waals surface area contributed by atoms with Crippen LogP contribution in [0.15, 0.2) is 6.07 Å². The van der Waals surface area contributed by atoms with E-state index in [0.29, 0.717) is 5.92 Å². The molecule has 0 spiro atoms. The minimum atomic E-state index is -0.0539. The van der Waals surface area contributed by atoms with Gasteiger partial charge in [0, 0.05) is 11.4 Å². The van der Waals surface area contributed by atoms with Gasteiger partial charge in [-0.25, -0.2) is 9.97 Å². The van der Waals surface area contributed by atoms with Crippen LogP contribution in [0.5, 0.6) is 0 Å². The minimum absolute atomic E-state index is 0.0539. The number of hydrogen-bond donors (Lipinski definition) is 1. The van der Waals surface area contributed by atoms with Crippen molar-refractivity contribution in [1.29, 1.82) is 0 Å². The molecule has 1 aromatic heterocycles. The Morgan fingerprint density at radius 1 is 1.13 bits per heavy atom. The van der Waals surface area contributed by atoms with Gasteiger partial charge >= 0.3 is 0 Å². The van der Waals surface area contributed by atoms with Gasteiger partial charge < -0.3 is 5.73 Å². The topological polar surface area (TPSA) is 51.8 Å². The lowest BCUT2D eigenvalue weighted by atomic mass is 10.0. The van der Waals surface area contributed by atoms with Crippen LogP contribution in [0.2, 0.25) is 0 Å². The largest absolute Gasteiger partial charge is 0.321 e. The van der Waals surface area contributed by atoms with E-state index in [2.05, 4.69) is 43.7 Å². The summed E-state index contributed by atoms with van der Waals surface area (Å²) in [5.74, 6) is 1.17. The number of nitrogens with two attached hydrogens (primary N) is 1. The smallest absolute Gasteiger partial charge is 0.145 e. The molecule has 3 nitrogen and oxygen atoms in total. The van der Waals surface area contributed by atoms with Gasteiger partial charge in [0.2, 0.25) is 0 Å². The molecule has 0 aliphatic rings. The first-order valence-electron chi connectivity index (χ1n) is 5.70. The number of rotatable bonds is 4. The van der Waals surface area contributed by atoms with Crippen molar-refractivity contribution >= 4 is 0 Å². The van der Waals surface area contributed by atoms with E-state index in [1.807, 2.05) is 0 Å². The average Bonchev–Trinajstić information content (AvgIpc) is 2.27. The van der Waals surface area contributed by atoms with Crippen LogP contribution in [0.1, 0.15) is 50.9 Å². The van der Waals surface area contributed by atoms with E-state index in [-0.39, 0.29) is 6.04 Å². The van der Waals surface area contributed by atoms with Crippen molar-refractivity contribution in [2.24, 2.45) is 11.7 Å². The molecule has 0 saturated heterocycles. The molecule has 0 radical (unpaired) electrons. The molecule has 1 aromatic rings. The second-order valence-corrected chi connectivity index (χ2v) is 4.19. The maximum Gasteiger partial charge on any atom is 0.145 e. The molecular weight excluding hydrogens is 186 g/mol. The van der Waals surface area contributed by atoms with Crippen LogP contribution in [-0.4, -0.2) is 9.97 Å². The lowest BCUT2D eigenvalue weighted by Gasteiger charge is -2.15. The minimum Gasteiger partial charge on any atom is -0.321 e. The highest BCUT2D eigenvalue weighted by atomic mass is 14.9. The summed E-state index contributed by atoms with van der Waals surface area (Å²) in [4.78, 5) is 8.97. The fourth-order valence-electron chi connectivity index (χ4n) is 1.39. The lowest BCUT2D eigenvalue weighted by Crippen LogP contribution is -2.21. The molecule has 1 heterocycles. The van der Waals surface area contributed by atoms with E-state index >= 15 is 0 Å². The number of nitrogens with zero attached hydrogens (tertiary/aromatic N) is 2. The van der Waals surface area contributed by atoms with Gasteiger partial charge in [0.25, 0.3) is 0 Å². The molecule has 84 valence electrons. The van der Waals surface area contributed by atoms with Gasteiger partial charge in [0.05, 0.1) is 6.04 Å². The Hall–Kier alpha value is -0.960. The molecule has 1 unspecified atom stereocenters. The van der Waals surface area contributed by atoms with Crippen LogP contribution in [0.25, 0.3) is 0 Å². The van der Waals surface area contributed by atoms with Crippen molar-refractivity contribution in [1.82, 2.24) is 9.97 Å². The maximum atomic E-state index is 6.06. The quantitative estimate of drug-likeness (QED) is 0.824. The zero-order valence-electron chi connectivity index (χ0n) is 10.1.